The Morgan fingerprint density at radius 1 is 1.21 bits per heavy atom. The van der Waals surface area contributed by atoms with E-state index in [1.807, 2.05) is 6.07 Å². The first-order valence-electron chi connectivity index (χ1n) is 5.44. The molecule has 2 aromatic rings. The Bertz CT molecular complexity index is 624. The summed E-state index contributed by atoms with van der Waals surface area (Å²) < 4.78 is 4.92. The van der Waals surface area contributed by atoms with Gasteiger partial charge in [-0.3, -0.25) is 4.79 Å². The zero-order chi connectivity index (χ0) is 13.7. The fourth-order valence-electron chi connectivity index (χ4n) is 1.40. The fourth-order valence-corrected chi connectivity index (χ4v) is 2.05. The zero-order valence-corrected chi connectivity index (χ0v) is 10.6. The smallest absolute Gasteiger partial charge is 0.338 e. The molecule has 5 heteroatoms. The number of nitriles is 1. The first kappa shape index (κ1) is 13.0. The van der Waals surface area contributed by atoms with Gasteiger partial charge in [-0.2, -0.15) is 5.26 Å². The lowest BCUT2D eigenvalue weighted by Gasteiger charge is -2.03. The van der Waals surface area contributed by atoms with Crippen LogP contribution in [0.2, 0.25) is 0 Å². The highest BCUT2D eigenvalue weighted by molar-refractivity contribution is 7.12. The highest BCUT2D eigenvalue weighted by Gasteiger charge is 2.12. The average Bonchev–Trinajstić information content (AvgIpc) is 2.98. The van der Waals surface area contributed by atoms with Gasteiger partial charge in [-0.05, 0) is 35.7 Å². The molecule has 0 bridgehead atoms. The number of carbonyl (C=O) groups is 2. The number of ether oxygens (including phenoxy) is 1. The van der Waals surface area contributed by atoms with Crippen LogP contribution in [-0.2, 0) is 4.74 Å². The van der Waals surface area contributed by atoms with Gasteiger partial charge in [0.15, 0.2) is 6.61 Å². The number of ketones is 1. The Kier molecular flexibility index (Phi) is 4.06. The van der Waals surface area contributed by atoms with Gasteiger partial charge in [0.2, 0.25) is 5.78 Å². The van der Waals surface area contributed by atoms with Crippen LogP contribution < -0.4 is 0 Å². The molecule has 0 aliphatic carbocycles. The van der Waals surface area contributed by atoms with Gasteiger partial charge < -0.3 is 4.74 Å². The van der Waals surface area contributed by atoms with Crippen molar-refractivity contribution >= 4 is 23.1 Å². The number of thiophene rings is 1. The van der Waals surface area contributed by atoms with Crippen LogP contribution in [0.1, 0.15) is 25.6 Å². The van der Waals surface area contributed by atoms with E-state index in [0.717, 1.165) is 0 Å². The van der Waals surface area contributed by atoms with Crippen LogP contribution in [0.15, 0.2) is 41.8 Å². The lowest BCUT2D eigenvalue weighted by molar-refractivity contribution is 0.0476. The van der Waals surface area contributed by atoms with Crippen LogP contribution in [0, 0.1) is 11.3 Å². The molecule has 0 fully saturated rings. The van der Waals surface area contributed by atoms with Gasteiger partial charge in [0.25, 0.3) is 0 Å². The van der Waals surface area contributed by atoms with Crippen molar-refractivity contribution in [3.05, 3.63) is 57.8 Å². The van der Waals surface area contributed by atoms with E-state index in [9.17, 15) is 9.59 Å². The van der Waals surface area contributed by atoms with E-state index in [-0.39, 0.29) is 12.4 Å². The number of nitrogens with zero attached hydrogens (tertiary/aromatic N) is 1. The number of esters is 1. The molecule has 1 heterocycles. The molecule has 1 aromatic carbocycles. The number of hydrogen-bond acceptors (Lipinski definition) is 5. The van der Waals surface area contributed by atoms with Crippen molar-refractivity contribution in [1.82, 2.24) is 0 Å². The summed E-state index contributed by atoms with van der Waals surface area (Å²) in [6.07, 6.45) is 0. The quantitative estimate of drug-likeness (QED) is 0.633. The van der Waals surface area contributed by atoms with Crippen molar-refractivity contribution in [3.63, 3.8) is 0 Å². The predicted molar refractivity (Wildman–Crippen MR) is 70.1 cm³/mol. The molecular weight excluding hydrogens is 262 g/mol. The Morgan fingerprint density at radius 2 is 1.95 bits per heavy atom. The second-order valence-corrected chi connectivity index (χ2v) is 4.61. The third-order valence-electron chi connectivity index (χ3n) is 2.38. The molecule has 1 aromatic heterocycles. The van der Waals surface area contributed by atoms with Crippen molar-refractivity contribution < 1.29 is 14.3 Å². The minimum Gasteiger partial charge on any atom is -0.454 e. The second-order valence-electron chi connectivity index (χ2n) is 3.67. The van der Waals surface area contributed by atoms with Gasteiger partial charge in [0.05, 0.1) is 22.1 Å². The molecule has 2 rings (SSSR count). The molecular formula is C14H9NO3S. The highest BCUT2D eigenvalue weighted by atomic mass is 32.1. The number of rotatable bonds is 4. The standard InChI is InChI=1S/C14H9NO3S/c15-8-10-3-5-11(6-4-10)14(17)18-9-12(16)13-2-1-7-19-13/h1-7H,9H2. The van der Waals surface area contributed by atoms with Gasteiger partial charge in [-0.25, -0.2) is 4.79 Å². The molecule has 4 nitrogen and oxygen atoms in total. The molecule has 0 saturated carbocycles. The van der Waals surface area contributed by atoms with Crippen LogP contribution >= 0.6 is 11.3 Å². The summed E-state index contributed by atoms with van der Waals surface area (Å²) in [5.41, 5.74) is 0.782. The van der Waals surface area contributed by atoms with Gasteiger partial charge in [0.1, 0.15) is 0 Å². The molecule has 0 unspecified atom stereocenters. The number of hydrogen-bond donors (Lipinski definition) is 0. The van der Waals surface area contributed by atoms with E-state index >= 15 is 0 Å². The normalized spacial score (nSPS) is 9.63. The Hall–Kier alpha value is -2.45. The molecule has 0 spiro atoms. The Labute approximate surface area is 113 Å². The predicted octanol–water partition coefficient (Wildman–Crippen LogP) is 2.66. The van der Waals surface area contributed by atoms with E-state index in [0.29, 0.717) is 16.0 Å². The fraction of sp³-hybridized carbons (Fsp3) is 0.0714. The van der Waals surface area contributed by atoms with Crippen LogP contribution in [0.3, 0.4) is 0 Å². The van der Waals surface area contributed by atoms with Crippen LogP contribution in [-0.4, -0.2) is 18.4 Å². The lowest BCUT2D eigenvalue weighted by atomic mass is 10.1. The Morgan fingerprint density at radius 3 is 2.53 bits per heavy atom. The minimum absolute atomic E-state index is 0.225. The summed E-state index contributed by atoms with van der Waals surface area (Å²) in [5.74, 6) is -0.800. The third kappa shape index (κ3) is 3.27. The molecule has 0 radical (unpaired) electrons. The highest BCUT2D eigenvalue weighted by Crippen LogP contribution is 2.10. The summed E-state index contributed by atoms with van der Waals surface area (Å²) in [5, 5.41) is 10.4. The Balaban J connectivity index is 1.94. The summed E-state index contributed by atoms with van der Waals surface area (Å²) >= 11 is 1.31. The minimum atomic E-state index is -0.575. The lowest BCUT2D eigenvalue weighted by Crippen LogP contribution is -2.13. The molecule has 0 N–H and O–H groups in total. The maximum Gasteiger partial charge on any atom is 0.338 e. The second kappa shape index (κ2) is 5.94. The maximum absolute atomic E-state index is 11.7. The molecule has 0 saturated heterocycles. The summed E-state index contributed by atoms with van der Waals surface area (Å²) in [7, 11) is 0. The third-order valence-corrected chi connectivity index (χ3v) is 3.29. The van der Waals surface area contributed by atoms with E-state index in [1.54, 1.807) is 17.5 Å². The van der Waals surface area contributed by atoms with Gasteiger partial charge in [-0.1, -0.05) is 6.07 Å². The summed E-state index contributed by atoms with van der Waals surface area (Å²) in [6.45, 7) is -0.278. The van der Waals surface area contributed by atoms with Crippen LogP contribution in [0.4, 0.5) is 0 Å². The first-order chi connectivity index (χ1) is 9.20. The summed E-state index contributed by atoms with van der Waals surface area (Å²) in [6, 6.07) is 11.4. The number of carbonyl (C=O) groups excluding carboxylic acids is 2. The molecule has 0 amide bonds. The molecule has 0 atom stereocenters. The van der Waals surface area contributed by atoms with Crippen molar-refractivity contribution in [1.29, 1.82) is 5.26 Å². The molecule has 94 valence electrons. The van der Waals surface area contributed by atoms with Crippen LogP contribution in [0.5, 0.6) is 0 Å². The molecule has 0 aliphatic heterocycles. The summed E-state index contributed by atoms with van der Waals surface area (Å²) in [4.78, 5) is 23.9. The van der Waals surface area contributed by atoms with Crippen molar-refractivity contribution in [3.8, 4) is 6.07 Å². The largest absolute Gasteiger partial charge is 0.454 e. The van der Waals surface area contributed by atoms with Crippen molar-refractivity contribution in [2.45, 2.75) is 0 Å². The van der Waals surface area contributed by atoms with E-state index < -0.39 is 5.97 Å². The monoisotopic (exact) mass is 271 g/mol. The average molecular weight is 271 g/mol. The first-order valence-corrected chi connectivity index (χ1v) is 6.32. The zero-order valence-electron chi connectivity index (χ0n) is 9.83. The van der Waals surface area contributed by atoms with E-state index in [1.165, 1.54) is 35.6 Å². The molecule has 19 heavy (non-hydrogen) atoms. The van der Waals surface area contributed by atoms with Crippen LogP contribution in [0.25, 0.3) is 0 Å². The van der Waals surface area contributed by atoms with Crippen molar-refractivity contribution in [2.24, 2.45) is 0 Å². The van der Waals surface area contributed by atoms with E-state index in [4.69, 9.17) is 10.00 Å². The number of benzene rings is 1. The van der Waals surface area contributed by atoms with Gasteiger partial charge in [-0.15, -0.1) is 11.3 Å². The topological polar surface area (TPSA) is 67.2 Å². The van der Waals surface area contributed by atoms with Gasteiger partial charge in [0, 0.05) is 0 Å². The number of Topliss-reactive ketones (excluding diaryl/α,β-unsaturated/α-hetero) is 1. The molecule has 0 aliphatic rings. The van der Waals surface area contributed by atoms with E-state index in [2.05, 4.69) is 0 Å². The maximum atomic E-state index is 11.7. The van der Waals surface area contributed by atoms with Gasteiger partial charge >= 0.3 is 5.97 Å². The van der Waals surface area contributed by atoms with Crippen molar-refractivity contribution in [2.75, 3.05) is 6.61 Å². The SMILES string of the molecule is N#Cc1ccc(C(=O)OCC(=O)c2cccs2)cc1.